The molecule has 1 unspecified atom stereocenters. The molecular weight excluding hydrogens is 236 g/mol. The Morgan fingerprint density at radius 2 is 1.74 bits per heavy atom. The largest absolute Gasteiger partial charge is 0.304 e. The maximum atomic E-state index is 4.48. The van der Waals surface area contributed by atoms with Gasteiger partial charge in [0.05, 0.1) is 5.69 Å². The molecule has 2 heterocycles. The van der Waals surface area contributed by atoms with Crippen molar-refractivity contribution >= 4 is 0 Å². The second-order valence-corrected chi connectivity index (χ2v) is 5.10. The van der Waals surface area contributed by atoms with Crippen molar-refractivity contribution in [1.29, 1.82) is 0 Å². The maximum Gasteiger partial charge on any atom is 0.0644 e. The zero-order chi connectivity index (χ0) is 14.0. The van der Waals surface area contributed by atoms with E-state index in [4.69, 9.17) is 0 Å². The van der Waals surface area contributed by atoms with Crippen LogP contribution in [-0.2, 0) is 7.05 Å². The number of rotatable bonds is 4. The molecule has 0 radical (unpaired) electrons. The van der Waals surface area contributed by atoms with Gasteiger partial charge in [0.1, 0.15) is 0 Å². The van der Waals surface area contributed by atoms with Gasteiger partial charge >= 0.3 is 0 Å². The van der Waals surface area contributed by atoms with Crippen molar-refractivity contribution in [2.75, 3.05) is 0 Å². The normalized spacial score (nSPS) is 14.4. The molecule has 0 aliphatic rings. The average Bonchev–Trinajstić information content (AvgIpc) is 2.64. The van der Waals surface area contributed by atoms with Gasteiger partial charge in [-0.05, 0) is 45.4 Å². The molecule has 2 aromatic rings. The highest BCUT2D eigenvalue weighted by molar-refractivity contribution is 5.28. The summed E-state index contributed by atoms with van der Waals surface area (Å²) < 4.78 is 1.94. The Balaban J connectivity index is 2.15. The summed E-state index contributed by atoms with van der Waals surface area (Å²) in [6, 6.07) is 4.66. The van der Waals surface area contributed by atoms with E-state index in [2.05, 4.69) is 43.1 Å². The van der Waals surface area contributed by atoms with Crippen LogP contribution in [0.15, 0.2) is 24.5 Å². The van der Waals surface area contributed by atoms with E-state index in [1.54, 1.807) is 0 Å². The number of hydrogen-bond acceptors (Lipinski definition) is 3. The van der Waals surface area contributed by atoms with Crippen LogP contribution in [0, 0.1) is 13.8 Å². The molecule has 0 aromatic carbocycles. The van der Waals surface area contributed by atoms with Crippen molar-refractivity contribution in [2.24, 2.45) is 7.05 Å². The monoisotopic (exact) mass is 258 g/mol. The number of aromatic nitrogens is 3. The Morgan fingerprint density at radius 1 is 1.11 bits per heavy atom. The third-order valence-electron chi connectivity index (χ3n) is 3.70. The summed E-state index contributed by atoms with van der Waals surface area (Å²) in [4.78, 5) is 4.06. The molecule has 1 N–H and O–H groups in total. The minimum absolute atomic E-state index is 0.275. The van der Waals surface area contributed by atoms with Crippen molar-refractivity contribution in [2.45, 2.75) is 39.8 Å². The molecule has 0 spiro atoms. The summed E-state index contributed by atoms with van der Waals surface area (Å²) in [6.45, 7) is 8.55. The molecule has 0 aliphatic carbocycles. The lowest BCUT2D eigenvalue weighted by Crippen LogP contribution is -2.23. The van der Waals surface area contributed by atoms with Crippen molar-refractivity contribution in [3.63, 3.8) is 0 Å². The van der Waals surface area contributed by atoms with E-state index in [9.17, 15) is 0 Å². The van der Waals surface area contributed by atoms with Gasteiger partial charge in [-0.3, -0.25) is 9.67 Å². The van der Waals surface area contributed by atoms with Crippen LogP contribution in [0.1, 0.15) is 48.4 Å². The molecule has 0 saturated heterocycles. The first-order valence-electron chi connectivity index (χ1n) is 6.66. The van der Waals surface area contributed by atoms with E-state index < -0.39 is 0 Å². The van der Waals surface area contributed by atoms with E-state index in [0.29, 0.717) is 0 Å². The van der Waals surface area contributed by atoms with Crippen LogP contribution >= 0.6 is 0 Å². The van der Waals surface area contributed by atoms with Crippen LogP contribution in [0.5, 0.6) is 0 Å². The van der Waals surface area contributed by atoms with Gasteiger partial charge in [0.15, 0.2) is 0 Å². The summed E-state index contributed by atoms with van der Waals surface area (Å²) >= 11 is 0. The summed E-state index contributed by atoms with van der Waals surface area (Å²) in [6.07, 6.45) is 3.66. The fourth-order valence-electron chi connectivity index (χ4n) is 2.62. The maximum absolute atomic E-state index is 4.48. The zero-order valence-electron chi connectivity index (χ0n) is 12.3. The first-order valence-corrected chi connectivity index (χ1v) is 6.66. The summed E-state index contributed by atoms with van der Waals surface area (Å²) in [5.74, 6) is 0. The number of pyridine rings is 1. The first-order chi connectivity index (χ1) is 9.00. The molecule has 102 valence electrons. The van der Waals surface area contributed by atoms with Crippen LogP contribution in [-0.4, -0.2) is 14.8 Å². The van der Waals surface area contributed by atoms with E-state index in [-0.39, 0.29) is 12.1 Å². The second kappa shape index (κ2) is 5.53. The molecule has 0 bridgehead atoms. The van der Waals surface area contributed by atoms with Crippen LogP contribution in [0.3, 0.4) is 0 Å². The molecule has 19 heavy (non-hydrogen) atoms. The van der Waals surface area contributed by atoms with Crippen molar-refractivity contribution in [1.82, 2.24) is 20.1 Å². The van der Waals surface area contributed by atoms with Crippen LogP contribution in [0.4, 0.5) is 0 Å². The molecule has 2 aromatic heterocycles. The second-order valence-electron chi connectivity index (χ2n) is 5.10. The fourth-order valence-corrected chi connectivity index (χ4v) is 2.62. The van der Waals surface area contributed by atoms with E-state index in [0.717, 1.165) is 5.69 Å². The smallest absolute Gasteiger partial charge is 0.0644 e. The number of nitrogens with zero attached hydrogens (tertiary/aromatic N) is 3. The van der Waals surface area contributed by atoms with Gasteiger partial charge in [0.25, 0.3) is 0 Å². The minimum atomic E-state index is 0.275. The number of hydrogen-bond donors (Lipinski definition) is 1. The lowest BCUT2D eigenvalue weighted by atomic mass is 10.0. The highest BCUT2D eigenvalue weighted by Crippen LogP contribution is 2.23. The summed E-state index contributed by atoms with van der Waals surface area (Å²) in [5.41, 5.74) is 4.87. The van der Waals surface area contributed by atoms with E-state index >= 15 is 0 Å². The molecule has 0 aliphatic heterocycles. The zero-order valence-corrected chi connectivity index (χ0v) is 12.3. The Hall–Kier alpha value is -1.68. The van der Waals surface area contributed by atoms with Gasteiger partial charge in [-0.1, -0.05) is 0 Å². The molecular formula is C15H22N4. The molecule has 0 amide bonds. The van der Waals surface area contributed by atoms with Crippen LogP contribution in [0.2, 0.25) is 0 Å². The summed E-state index contributed by atoms with van der Waals surface area (Å²) in [5, 5.41) is 8.10. The predicted molar refractivity (Wildman–Crippen MR) is 76.9 cm³/mol. The number of nitrogens with one attached hydrogen (secondary N) is 1. The lowest BCUT2D eigenvalue weighted by Gasteiger charge is -2.21. The molecule has 2 rings (SSSR count). The van der Waals surface area contributed by atoms with Crippen molar-refractivity contribution < 1.29 is 0 Å². The van der Waals surface area contributed by atoms with Gasteiger partial charge in [-0.15, -0.1) is 0 Å². The number of aryl methyl sites for hydroxylation is 2. The van der Waals surface area contributed by atoms with Gasteiger partial charge in [-0.2, -0.15) is 5.10 Å². The quantitative estimate of drug-likeness (QED) is 0.917. The molecule has 2 atom stereocenters. The molecule has 4 heteroatoms. The predicted octanol–water partition coefficient (Wildman–Crippen LogP) is 2.84. The average molecular weight is 258 g/mol. The Labute approximate surface area is 114 Å². The SMILES string of the molecule is Cc1nn(C)c(C)c1C(C)N[C@@H](C)c1ccncc1. The first kappa shape index (κ1) is 13.7. The Bertz CT molecular complexity index is 545. The van der Waals surface area contributed by atoms with E-state index in [1.807, 2.05) is 36.3 Å². The third kappa shape index (κ3) is 2.84. The van der Waals surface area contributed by atoms with Gasteiger partial charge in [0, 0.05) is 42.8 Å². The Morgan fingerprint density at radius 3 is 2.26 bits per heavy atom. The molecule has 4 nitrogen and oxygen atoms in total. The standard InChI is InChI=1S/C15H22N4/c1-10(14-6-8-16-9-7-14)17-11(2)15-12(3)18-19(5)13(15)4/h6-11,17H,1-5H3/t10-,11?/m0/s1. The highest BCUT2D eigenvalue weighted by atomic mass is 15.3. The minimum Gasteiger partial charge on any atom is -0.304 e. The van der Waals surface area contributed by atoms with Crippen LogP contribution < -0.4 is 5.32 Å². The third-order valence-corrected chi connectivity index (χ3v) is 3.70. The van der Waals surface area contributed by atoms with Gasteiger partial charge in [0.2, 0.25) is 0 Å². The lowest BCUT2D eigenvalue weighted by molar-refractivity contribution is 0.491. The highest BCUT2D eigenvalue weighted by Gasteiger charge is 2.18. The van der Waals surface area contributed by atoms with Crippen LogP contribution in [0.25, 0.3) is 0 Å². The van der Waals surface area contributed by atoms with E-state index in [1.165, 1.54) is 16.8 Å². The van der Waals surface area contributed by atoms with Crippen molar-refractivity contribution in [3.8, 4) is 0 Å². The molecule has 0 saturated carbocycles. The molecule has 0 fully saturated rings. The van der Waals surface area contributed by atoms with Gasteiger partial charge in [-0.25, -0.2) is 0 Å². The summed E-state index contributed by atoms with van der Waals surface area (Å²) in [7, 11) is 1.99. The van der Waals surface area contributed by atoms with Gasteiger partial charge < -0.3 is 5.32 Å². The fraction of sp³-hybridized carbons (Fsp3) is 0.467. The Kier molecular flexibility index (Phi) is 4.00. The topological polar surface area (TPSA) is 42.7 Å². The van der Waals surface area contributed by atoms with Crippen molar-refractivity contribution in [3.05, 3.63) is 47.0 Å².